The molecule has 0 aromatic carbocycles. The van der Waals surface area contributed by atoms with Gasteiger partial charge in [0.05, 0.1) is 6.04 Å². The Kier molecular flexibility index (Phi) is 8.71. The van der Waals surface area contributed by atoms with E-state index in [1.165, 1.54) is 19.2 Å². The number of hydrogen-bond donors (Lipinski definition) is 2. The number of halogens is 3. The number of alkyl halides is 2. The van der Waals surface area contributed by atoms with Gasteiger partial charge in [0.15, 0.2) is 6.61 Å². The molecule has 2 amide bonds. The zero-order chi connectivity index (χ0) is 24.9. The van der Waals surface area contributed by atoms with Crippen molar-refractivity contribution in [1.29, 1.82) is 0 Å². The number of nitrogens with zero attached hydrogens (tertiary/aromatic N) is 2. The summed E-state index contributed by atoms with van der Waals surface area (Å²) >= 11 is 6.14. The number of hydrogen-bond acceptors (Lipinski definition) is 5. The molecule has 3 unspecified atom stereocenters. The normalized spacial score (nSPS) is 19.2. The van der Waals surface area contributed by atoms with Crippen LogP contribution in [0, 0.1) is 11.8 Å². The molecule has 0 radical (unpaired) electrons. The molecule has 10 heteroatoms. The number of nitrogens with one attached hydrogen (secondary N) is 2. The van der Waals surface area contributed by atoms with Gasteiger partial charge < -0.3 is 15.4 Å². The number of aliphatic imine (C=N–C) groups is 1. The van der Waals surface area contributed by atoms with Gasteiger partial charge in [-0.2, -0.15) is 8.78 Å². The fourth-order valence-corrected chi connectivity index (χ4v) is 3.06. The molecule has 0 fully saturated rings. The second-order valence-corrected chi connectivity index (χ2v) is 8.53. The summed E-state index contributed by atoms with van der Waals surface area (Å²) in [7, 11) is 0. The molecule has 1 aliphatic heterocycles. The van der Waals surface area contributed by atoms with E-state index in [0.717, 1.165) is 0 Å². The van der Waals surface area contributed by atoms with Crippen molar-refractivity contribution in [2.75, 3.05) is 6.61 Å². The summed E-state index contributed by atoms with van der Waals surface area (Å²) < 4.78 is 32.4. The van der Waals surface area contributed by atoms with Gasteiger partial charge in [0.25, 0.3) is 5.91 Å². The van der Waals surface area contributed by atoms with E-state index in [-0.39, 0.29) is 39.9 Å². The smallest absolute Gasteiger partial charge is 0.302 e. The van der Waals surface area contributed by atoms with Crippen LogP contribution in [0.25, 0.3) is 0 Å². The van der Waals surface area contributed by atoms with Crippen molar-refractivity contribution in [3.8, 4) is 5.88 Å². The zero-order valence-corrected chi connectivity index (χ0v) is 20.1. The summed E-state index contributed by atoms with van der Waals surface area (Å²) in [6.07, 6.45) is 3.44. The van der Waals surface area contributed by atoms with Crippen molar-refractivity contribution in [3.05, 3.63) is 46.8 Å². The van der Waals surface area contributed by atoms with Gasteiger partial charge in [0.1, 0.15) is 16.6 Å². The van der Waals surface area contributed by atoms with Crippen molar-refractivity contribution in [3.63, 3.8) is 0 Å². The molecule has 0 spiro atoms. The lowest BCUT2D eigenvalue weighted by Crippen LogP contribution is -2.40. The van der Waals surface area contributed by atoms with Gasteiger partial charge in [0, 0.05) is 18.5 Å². The summed E-state index contributed by atoms with van der Waals surface area (Å²) in [5, 5.41) is 5.60. The van der Waals surface area contributed by atoms with Crippen LogP contribution in [0.4, 0.5) is 8.78 Å². The first-order chi connectivity index (χ1) is 15.4. The topological polar surface area (TPSA) is 92.7 Å². The highest BCUT2D eigenvalue weighted by Crippen LogP contribution is 2.29. The van der Waals surface area contributed by atoms with Crippen molar-refractivity contribution in [1.82, 2.24) is 15.6 Å². The lowest BCUT2D eigenvalue weighted by atomic mass is 9.91. The number of amidine groups is 1. The van der Waals surface area contributed by atoms with Gasteiger partial charge in [0.2, 0.25) is 11.8 Å². The van der Waals surface area contributed by atoms with Gasteiger partial charge in [-0.1, -0.05) is 39.0 Å². The average Bonchev–Trinajstić information content (AvgIpc) is 2.75. The number of ether oxygens (including phenoxy) is 1. The number of rotatable bonds is 8. The summed E-state index contributed by atoms with van der Waals surface area (Å²) in [4.78, 5) is 32.9. The minimum absolute atomic E-state index is 0.00409. The largest absolute Gasteiger partial charge is 0.470 e. The molecule has 0 saturated heterocycles. The Labute approximate surface area is 197 Å². The molecular formula is C23H29ClF2N4O3. The monoisotopic (exact) mass is 482 g/mol. The Bertz CT molecular complexity index is 994. The van der Waals surface area contributed by atoms with Crippen LogP contribution in [0.2, 0.25) is 5.02 Å². The van der Waals surface area contributed by atoms with Crippen molar-refractivity contribution < 1.29 is 23.1 Å². The van der Waals surface area contributed by atoms with Crippen LogP contribution < -0.4 is 15.4 Å². The lowest BCUT2D eigenvalue weighted by molar-refractivity contribution is -0.120. The molecule has 1 aromatic rings. The summed E-state index contributed by atoms with van der Waals surface area (Å²) in [6.45, 7) is 10.8. The zero-order valence-electron chi connectivity index (χ0n) is 19.3. The maximum absolute atomic E-state index is 13.7. The molecule has 7 nitrogen and oxygen atoms in total. The minimum Gasteiger partial charge on any atom is -0.470 e. The predicted octanol–water partition coefficient (Wildman–Crippen LogP) is 4.60. The average molecular weight is 483 g/mol. The minimum atomic E-state index is -3.21. The van der Waals surface area contributed by atoms with Crippen LogP contribution in [-0.4, -0.2) is 35.2 Å². The van der Waals surface area contributed by atoms with Gasteiger partial charge in [-0.15, -0.1) is 0 Å². The van der Waals surface area contributed by atoms with E-state index in [9.17, 15) is 18.4 Å². The first-order valence-corrected chi connectivity index (χ1v) is 11.0. The van der Waals surface area contributed by atoms with Crippen molar-refractivity contribution >= 4 is 29.3 Å². The summed E-state index contributed by atoms with van der Waals surface area (Å²) in [5.74, 6) is -3.54. The Morgan fingerprint density at radius 1 is 1.36 bits per heavy atom. The van der Waals surface area contributed by atoms with E-state index in [0.29, 0.717) is 17.8 Å². The Morgan fingerprint density at radius 3 is 2.61 bits per heavy atom. The molecular weight excluding hydrogens is 454 g/mol. The van der Waals surface area contributed by atoms with Crippen LogP contribution in [-0.2, 0) is 9.59 Å². The molecule has 33 heavy (non-hydrogen) atoms. The maximum atomic E-state index is 13.7. The highest BCUT2D eigenvalue weighted by Gasteiger charge is 2.32. The number of carbonyl (C=O) groups is 2. The first-order valence-electron chi connectivity index (χ1n) is 10.6. The van der Waals surface area contributed by atoms with E-state index in [2.05, 4.69) is 27.2 Å². The molecule has 1 aliphatic rings. The van der Waals surface area contributed by atoms with E-state index >= 15 is 0 Å². The third kappa shape index (κ3) is 6.83. The van der Waals surface area contributed by atoms with E-state index in [4.69, 9.17) is 16.3 Å². The number of aromatic nitrogens is 1. The SMILES string of the molecule is C=C(C)C(F)(F)COc1ncc(C(C)NC(=O)C2=CC(C)C(C)C(NC(=O)CC)=N2)cc1Cl. The summed E-state index contributed by atoms with van der Waals surface area (Å²) in [5.41, 5.74) is 0.418. The molecule has 3 atom stereocenters. The van der Waals surface area contributed by atoms with Crippen LogP contribution >= 0.6 is 11.6 Å². The Hall–Kier alpha value is -2.81. The highest BCUT2D eigenvalue weighted by atomic mass is 35.5. The standard InChI is InChI=1S/C23H29ClF2N4O3/c1-7-19(31)30-20-14(5)13(4)8-18(29-20)21(32)28-15(6)16-9-17(24)22(27-10-16)33-11-23(25,26)12(2)3/h8-10,13-15H,2,7,11H2,1,3-6H3,(H,28,32)(H,29,30,31). The second-order valence-electron chi connectivity index (χ2n) is 8.12. The third-order valence-electron chi connectivity index (χ3n) is 5.39. The number of pyridine rings is 1. The molecule has 2 heterocycles. The van der Waals surface area contributed by atoms with E-state index in [1.54, 1.807) is 19.9 Å². The number of allylic oxidation sites excluding steroid dienone is 1. The number of carbonyl (C=O) groups excluding carboxylic acids is 2. The Morgan fingerprint density at radius 2 is 2.03 bits per heavy atom. The third-order valence-corrected chi connectivity index (χ3v) is 5.66. The van der Waals surface area contributed by atoms with Crippen LogP contribution in [0.5, 0.6) is 5.88 Å². The quantitative estimate of drug-likeness (QED) is 0.530. The van der Waals surface area contributed by atoms with Crippen molar-refractivity contribution in [2.24, 2.45) is 16.8 Å². The number of amides is 2. The van der Waals surface area contributed by atoms with Crippen molar-refractivity contribution in [2.45, 2.75) is 53.0 Å². The molecule has 1 aromatic heterocycles. The molecule has 180 valence electrons. The highest BCUT2D eigenvalue weighted by molar-refractivity contribution is 6.31. The van der Waals surface area contributed by atoms with Crippen LogP contribution in [0.3, 0.4) is 0 Å². The van der Waals surface area contributed by atoms with Crippen LogP contribution in [0.1, 0.15) is 52.6 Å². The van der Waals surface area contributed by atoms with E-state index < -0.39 is 24.5 Å². The van der Waals surface area contributed by atoms with Crippen LogP contribution in [0.15, 0.2) is 41.2 Å². The molecule has 2 N–H and O–H groups in total. The maximum Gasteiger partial charge on any atom is 0.302 e. The lowest BCUT2D eigenvalue weighted by Gasteiger charge is -2.25. The fourth-order valence-electron chi connectivity index (χ4n) is 2.83. The predicted molar refractivity (Wildman–Crippen MR) is 123 cm³/mol. The van der Waals surface area contributed by atoms with E-state index in [1.807, 2.05) is 13.8 Å². The van der Waals surface area contributed by atoms with Gasteiger partial charge in [-0.25, -0.2) is 9.98 Å². The molecule has 2 rings (SSSR count). The summed E-state index contributed by atoms with van der Waals surface area (Å²) in [6, 6.07) is 0.983. The Balaban J connectivity index is 2.09. The molecule has 0 aliphatic carbocycles. The fraction of sp³-hybridized carbons (Fsp3) is 0.478. The second kappa shape index (κ2) is 10.9. The molecule has 0 bridgehead atoms. The van der Waals surface area contributed by atoms with Gasteiger partial charge >= 0.3 is 5.92 Å². The molecule has 0 saturated carbocycles. The van der Waals surface area contributed by atoms with Gasteiger partial charge in [-0.3, -0.25) is 9.59 Å². The van der Waals surface area contributed by atoms with Gasteiger partial charge in [-0.05, 0) is 43.0 Å². The first kappa shape index (κ1) is 26.4.